The van der Waals surface area contributed by atoms with E-state index in [0.717, 1.165) is 17.0 Å². The summed E-state index contributed by atoms with van der Waals surface area (Å²) in [6, 6.07) is 10.3. The first-order chi connectivity index (χ1) is 21.5. The molecule has 0 spiro atoms. The molecule has 0 fully saturated rings. The van der Waals surface area contributed by atoms with Crippen molar-refractivity contribution in [3.8, 4) is 17.1 Å². The van der Waals surface area contributed by atoms with Crippen LogP contribution in [-0.4, -0.2) is 73.0 Å². The molecule has 2 N–H and O–H groups in total. The van der Waals surface area contributed by atoms with Crippen molar-refractivity contribution in [2.75, 3.05) is 17.6 Å². The van der Waals surface area contributed by atoms with E-state index in [1.54, 1.807) is 35.9 Å². The van der Waals surface area contributed by atoms with Crippen LogP contribution in [0.25, 0.3) is 27.6 Å². The zero-order valence-corrected chi connectivity index (χ0v) is 26.3. The van der Waals surface area contributed by atoms with Gasteiger partial charge in [0, 0.05) is 25.1 Å². The molecule has 0 aliphatic rings. The number of aryl methyl sites for hydroxylation is 1. The number of hydrogen-bond acceptors (Lipinski definition) is 9. The summed E-state index contributed by atoms with van der Waals surface area (Å²) in [6.07, 6.45) is 2.34. The molecular formula is C29H28N10O6S. The maximum Gasteiger partial charge on any atom is 0.335 e. The Morgan fingerprint density at radius 3 is 2.13 bits per heavy atom. The number of hydrogen-bond donors (Lipinski definition) is 2. The van der Waals surface area contributed by atoms with E-state index in [0.29, 0.717) is 34.1 Å². The van der Waals surface area contributed by atoms with Crippen LogP contribution in [0.2, 0.25) is 0 Å². The molecule has 5 aromatic rings. The fraction of sp³-hybridized carbons (Fsp3) is 0.241. The third kappa shape index (κ3) is 5.68. The summed E-state index contributed by atoms with van der Waals surface area (Å²) < 4.78 is 29.4. The zero-order valence-electron chi connectivity index (χ0n) is 25.5. The monoisotopic (exact) mass is 644 g/mol. The Kier molecular flexibility index (Phi) is 7.70. The number of carboxylic acid groups (broad SMARTS) is 2. The van der Waals surface area contributed by atoms with Crippen LogP contribution in [0.4, 0.5) is 22.9 Å². The molecule has 0 aliphatic carbocycles. The number of rotatable bonds is 8. The number of anilines is 1. The topological polar surface area (TPSA) is 194 Å². The number of sulfonamides is 1. The maximum atomic E-state index is 12.0. The fourth-order valence-corrected chi connectivity index (χ4v) is 5.15. The fourth-order valence-electron chi connectivity index (χ4n) is 4.64. The van der Waals surface area contributed by atoms with Gasteiger partial charge in [0.05, 0.1) is 47.2 Å². The highest BCUT2D eigenvalue weighted by molar-refractivity contribution is 7.92. The Morgan fingerprint density at radius 1 is 1.00 bits per heavy atom. The predicted octanol–water partition coefficient (Wildman–Crippen LogP) is 4.98. The Balaban J connectivity index is 1.65. The highest BCUT2D eigenvalue weighted by Gasteiger charge is 2.29. The van der Waals surface area contributed by atoms with Crippen LogP contribution in [0.5, 0.6) is 0 Å². The SMILES string of the molecule is [C-]#[N+]c1cnn(-c2cc(C(=O)O)cc(C(=O)O)c2)c1N=Nc1c(C(C)(C)C)nn2nc(-c3ccc(N(C)S(C)(=O)=O)cc3)n(C)c12. The van der Waals surface area contributed by atoms with E-state index < -0.39 is 27.4 Å². The molecule has 5 rings (SSSR count). The first kappa shape index (κ1) is 31.5. The largest absolute Gasteiger partial charge is 0.478 e. The Morgan fingerprint density at radius 2 is 1.61 bits per heavy atom. The standard InChI is InChI=1S/C29H28N10O6S/c1-29(2,3)23-22(26-36(5)24(35-39(26)34-23)16-8-10-19(11-9-16)37(6)46(7,44)45)32-33-25-21(30-4)15-31-38(25)20-13-17(27(40)41)12-18(14-20)28(42)43/h8-15H,1-3,5-7H3,(H,40,41)(H,42,43). The number of fused-ring (bicyclic) bond motifs is 1. The molecule has 0 saturated carbocycles. The average molecular weight is 645 g/mol. The van der Waals surface area contributed by atoms with Crippen LogP contribution in [0.3, 0.4) is 0 Å². The van der Waals surface area contributed by atoms with Gasteiger partial charge >= 0.3 is 11.9 Å². The summed E-state index contributed by atoms with van der Waals surface area (Å²) in [6.45, 7) is 13.4. The molecule has 17 heteroatoms. The number of aromatic nitrogens is 6. The molecule has 2 aromatic carbocycles. The number of azo groups is 1. The van der Waals surface area contributed by atoms with Gasteiger partial charge in [0.1, 0.15) is 0 Å². The van der Waals surface area contributed by atoms with Gasteiger partial charge < -0.3 is 14.8 Å². The van der Waals surface area contributed by atoms with Crippen molar-refractivity contribution >= 4 is 50.5 Å². The minimum absolute atomic E-state index is 0.00748. The molecule has 236 valence electrons. The normalized spacial score (nSPS) is 12.1. The second-order valence-electron chi connectivity index (χ2n) is 11.4. The van der Waals surface area contributed by atoms with Gasteiger partial charge in [-0.2, -0.15) is 10.2 Å². The van der Waals surface area contributed by atoms with Gasteiger partial charge in [-0.05, 0) is 42.5 Å². The highest BCUT2D eigenvalue weighted by Crippen LogP contribution is 2.39. The summed E-state index contributed by atoms with van der Waals surface area (Å²) in [5.41, 5.74) is 1.48. The minimum Gasteiger partial charge on any atom is -0.478 e. The lowest BCUT2D eigenvalue weighted by atomic mass is 9.91. The third-order valence-corrected chi connectivity index (χ3v) is 8.29. The molecule has 16 nitrogen and oxygen atoms in total. The minimum atomic E-state index is -3.44. The van der Waals surface area contributed by atoms with Crippen LogP contribution in [0.1, 0.15) is 47.2 Å². The van der Waals surface area contributed by atoms with Gasteiger partial charge in [0.25, 0.3) is 5.69 Å². The summed E-state index contributed by atoms with van der Waals surface area (Å²) in [5.74, 6) is -2.23. The zero-order chi connectivity index (χ0) is 33.7. The van der Waals surface area contributed by atoms with E-state index in [-0.39, 0.29) is 28.3 Å². The van der Waals surface area contributed by atoms with Crippen molar-refractivity contribution in [1.82, 2.24) is 29.2 Å². The van der Waals surface area contributed by atoms with E-state index >= 15 is 0 Å². The molecule has 0 amide bonds. The molecule has 0 aliphatic heterocycles. The van der Waals surface area contributed by atoms with Crippen molar-refractivity contribution in [3.63, 3.8) is 0 Å². The van der Waals surface area contributed by atoms with Gasteiger partial charge in [0.2, 0.25) is 10.0 Å². The first-order valence-electron chi connectivity index (χ1n) is 13.5. The van der Waals surface area contributed by atoms with Gasteiger partial charge in [-0.15, -0.1) is 20.0 Å². The van der Waals surface area contributed by atoms with Gasteiger partial charge in [-0.3, -0.25) is 4.31 Å². The van der Waals surface area contributed by atoms with Crippen LogP contribution < -0.4 is 4.31 Å². The predicted molar refractivity (Wildman–Crippen MR) is 167 cm³/mol. The lowest BCUT2D eigenvalue weighted by Crippen LogP contribution is -2.24. The van der Waals surface area contributed by atoms with E-state index in [9.17, 15) is 28.2 Å². The highest BCUT2D eigenvalue weighted by atomic mass is 32.2. The summed E-state index contributed by atoms with van der Waals surface area (Å²) in [7, 11) is -0.215. The second-order valence-corrected chi connectivity index (χ2v) is 13.4. The number of carbonyl (C=O) groups is 2. The van der Waals surface area contributed by atoms with E-state index in [4.69, 9.17) is 6.57 Å². The quantitative estimate of drug-likeness (QED) is 0.173. The Bertz CT molecular complexity index is 2180. The van der Waals surface area contributed by atoms with Gasteiger partial charge in [0.15, 0.2) is 23.0 Å². The molecule has 46 heavy (non-hydrogen) atoms. The van der Waals surface area contributed by atoms with Crippen LogP contribution >= 0.6 is 0 Å². The molecule has 0 atom stereocenters. The molecule has 0 bridgehead atoms. The van der Waals surface area contributed by atoms with E-state index in [1.165, 1.54) is 34.3 Å². The van der Waals surface area contributed by atoms with Crippen molar-refractivity contribution in [1.29, 1.82) is 0 Å². The summed E-state index contributed by atoms with van der Waals surface area (Å²) in [5, 5.41) is 41.5. The number of aromatic carboxylic acids is 2. The molecule has 0 radical (unpaired) electrons. The maximum absolute atomic E-state index is 12.0. The van der Waals surface area contributed by atoms with Crippen LogP contribution in [-0.2, 0) is 22.5 Å². The van der Waals surface area contributed by atoms with Crippen LogP contribution in [0, 0.1) is 6.57 Å². The van der Waals surface area contributed by atoms with Gasteiger partial charge in [-0.1, -0.05) is 20.8 Å². The molecule has 3 heterocycles. The molecule has 0 saturated heterocycles. The number of nitrogens with zero attached hydrogens (tertiary/aromatic N) is 10. The average Bonchev–Trinajstić information content (AvgIpc) is 3.67. The Hall–Kier alpha value is -5.89. The van der Waals surface area contributed by atoms with E-state index in [1.807, 2.05) is 20.8 Å². The second kappa shape index (κ2) is 11.2. The summed E-state index contributed by atoms with van der Waals surface area (Å²) >= 11 is 0. The lowest BCUT2D eigenvalue weighted by molar-refractivity contribution is 0.0696. The smallest absolute Gasteiger partial charge is 0.335 e. The first-order valence-corrected chi connectivity index (χ1v) is 15.4. The van der Waals surface area contributed by atoms with Crippen molar-refractivity contribution in [2.45, 2.75) is 26.2 Å². The molecule has 3 aromatic heterocycles. The van der Waals surface area contributed by atoms with Crippen LogP contribution in [0.15, 0.2) is 58.9 Å². The lowest BCUT2D eigenvalue weighted by Gasteiger charge is -2.17. The van der Waals surface area contributed by atoms with Crippen molar-refractivity contribution in [2.24, 2.45) is 17.3 Å². The summed E-state index contributed by atoms with van der Waals surface area (Å²) in [4.78, 5) is 26.9. The van der Waals surface area contributed by atoms with Gasteiger partial charge in [-0.25, -0.2) is 27.5 Å². The molecule has 0 unspecified atom stereocenters. The third-order valence-electron chi connectivity index (χ3n) is 7.09. The van der Waals surface area contributed by atoms with Crippen molar-refractivity contribution in [3.05, 3.63) is 76.9 Å². The van der Waals surface area contributed by atoms with E-state index in [2.05, 4.69) is 30.4 Å². The molecular weight excluding hydrogens is 616 g/mol. The number of carboxylic acids is 2. The number of benzene rings is 2. The van der Waals surface area contributed by atoms with Crippen molar-refractivity contribution < 1.29 is 28.2 Å². The Labute approximate surface area is 262 Å².